The lowest BCUT2D eigenvalue weighted by atomic mass is 10.0. The first-order chi connectivity index (χ1) is 8.54. The van der Waals surface area contributed by atoms with Crippen molar-refractivity contribution >= 4 is 22.6 Å². The smallest absolute Gasteiger partial charge is 0.264 e. The lowest BCUT2D eigenvalue weighted by Crippen LogP contribution is -2.23. The molecule has 0 saturated carbocycles. The van der Waals surface area contributed by atoms with Gasteiger partial charge in [-0.1, -0.05) is 0 Å². The van der Waals surface area contributed by atoms with Crippen molar-refractivity contribution in [3.63, 3.8) is 0 Å². The van der Waals surface area contributed by atoms with Crippen molar-refractivity contribution in [2.45, 2.75) is 20.4 Å². The number of benzene rings is 1. The first-order valence-electron chi connectivity index (χ1n) is 5.70. The molecule has 94 valence electrons. The van der Waals surface area contributed by atoms with E-state index in [1.165, 1.54) is 12.1 Å². The molecule has 2 nitrogen and oxygen atoms in total. The molecule has 18 heavy (non-hydrogen) atoms. The van der Waals surface area contributed by atoms with Crippen LogP contribution >= 0.6 is 22.6 Å². The Balaban J connectivity index is 2.71. The molecular weight excluding hydrogens is 344 g/mol. The lowest BCUT2D eigenvalue weighted by Gasteiger charge is -2.13. The van der Waals surface area contributed by atoms with E-state index in [0.29, 0.717) is 10.1 Å². The molecule has 0 fully saturated rings. The van der Waals surface area contributed by atoms with Crippen LogP contribution in [0.15, 0.2) is 35.1 Å². The van der Waals surface area contributed by atoms with Gasteiger partial charge in [0.05, 0.1) is 9.26 Å². The summed E-state index contributed by atoms with van der Waals surface area (Å²) < 4.78 is 15.5. The lowest BCUT2D eigenvalue weighted by molar-refractivity contribution is 0.626. The fourth-order valence-corrected chi connectivity index (χ4v) is 2.49. The van der Waals surface area contributed by atoms with Crippen LogP contribution in [0.1, 0.15) is 12.5 Å². The van der Waals surface area contributed by atoms with Gasteiger partial charge >= 0.3 is 0 Å². The van der Waals surface area contributed by atoms with Gasteiger partial charge in [-0.25, -0.2) is 4.39 Å². The molecular formula is C14H13FINO. The van der Waals surface area contributed by atoms with E-state index in [4.69, 9.17) is 0 Å². The summed E-state index contributed by atoms with van der Waals surface area (Å²) in [7, 11) is 0. The summed E-state index contributed by atoms with van der Waals surface area (Å²) in [5, 5.41) is 0. The Morgan fingerprint density at radius 2 is 2.00 bits per heavy atom. The third kappa shape index (κ3) is 2.34. The van der Waals surface area contributed by atoms with Gasteiger partial charge in [0.2, 0.25) is 0 Å². The topological polar surface area (TPSA) is 22.0 Å². The molecule has 4 heteroatoms. The quantitative estimate of drug-likeness (QED) is 0.753. The minimum absolute atomic E-state index is 0.000625. The highest BCUT2D eigenvalue weighted by molar-refractivity contribution is 14.1. The Kier molecular flexibility index (Phi) is 3.85. The Morgan fingerprint density at radius 1 is 1.28 bits per heavy atom. The van der Waals surface area contributed by atoms with Gasteiger partial charge in [0.15, 0.2) is 0 Å². The number of rotatable bonds is 2. The molecule has 0 radical (unpaired) electrons. The van der Waals surface area contributed by atoms with Gasteiger partial charge in [-0.2, -0.15) is 0 Å². The summed E-state index contributed by atoms with van der Waals surface area (Å²) >= 11 is 2.03. The van der Waals surface area contributed by atoms with E-state index >= 15 is 0 Å². The fraction of sp³-hybridized carbons (Fsp3) is 0.214. The summed E-state index contributed by atoms with van der Waals surface area (Å²) in [5.41, 5.74) is 2.56. The first-order valence-corrected chi connectivity index (χ1v) is 6.78. The third-order valence-electron chi connectivity index (χ3n) is 2.91. The van der Waals surface area contributed by atoms with Gasteiger partial charge in [-0.3, -0.25) is 4.79 Å². The minimum atomic E-state index is -0.257. The Bertz CT molecular complexity index is 649. The van der Waals surface area contributed by atoms with Crippen LogP contribution < -0.4 is 5.56 Å². The number of hydrogen-bond donors (Lipinski definition) is 0. The number of hydrogen-bond acceptors (Lipinski definition) is 1. The van der Waals surface area contributed by atoms with E-state index in [1.54, 1.807) is 16.7 Å². The van der Waals surface area contributed by atoms with Crippen LogP contribution in [-0.2, 0) is 6.54 Å². The Labute approximate surface area is 119 Å². The molecule has 0 amide bonds. The zero-order chi connectivity index (χ0) is 13.3. The van der Waals surface area contributed by atoms with Crippen LogP contribution in [0.3, 0.4) is 0 Å². The predicted octanol–water partition coefficient (Wildman–Crippen LogP) is 3.59. The molecule has 0 bridgehead atoms. The number of aryl methyl sites for hydroxylation is 1. The number of aromatic nitrogens is 1. The van der Waals surface area contributed by atoms with Crippen LogP contribution in [0, 0.1) is 16.3 Å². The van der Waals surface area contributed by atoms with Crippen LogP contribution in [-0.4, -0.2) is 4.57 Å². The van der Waals surface area contributed by atoms with Crippen LogP contribution in [0.4, 0.5) is 4.39 Å². The van der Waals surface area contributed by atoms with Crippen molar-refractivity contribution < 1.29 is 4.39 Å². The van der Waals surface area contributed by atoms with Gasteiger partial charge < -0.3 is 4.57 Å². The Morgan fingerprint density at radius 3 is 2.61 bits per heavy atom. The van der Waals surface area contributed by atoms with Gasteiger partial charge in [-0.05, 0) is 72.3 Å². The van der Waals surface area contributed by atoms with Gasteiger partial charge in [0, 0.05) is 12.1 Å². The number of halogens is 2. The average Bonchev–Trinajstić information content (AvgIpc) is 2.33. The normalized spacial score (nSPS) is 10.7. The second-order valence-electron chi connectivity index (χ2n) is 4.08. The van der Waals surface area contributed by atoms with E-state index in [2.05, 4.69) is 0 Å². The molecule has 0 aliphatic heterocycles. The molecule has 0 aliphatic carbocycles. The molecule has 1 aromatic carbocycles. The molecule has 0 atom stereocenters. The molecule has 2 aromatic rings. The molecule has 1 aromatic heterocycles. The van der Waals surface area contributed by atoms with Crippen molar-refractivity contribution in [3.8, 4) is 11.3 Å². The molecule has 0 aliphatic rings. The molecule has 0 N–H and O–H groups in total. The molecule has 1 heterocycles. The molecule has 2 rings (SSSR count). The van der Waals surface area contributed by atoms with E-state index in [1.807, 2.05) is 42.5 Å². The maximum Gasteiger partial charge on any atom is 0.264 e. The van der Waals surface area contributed by atoms with Crippen molar-refractivity contribution in [2.75, 3.05) is 0 Å². The van der Waals surface area contributed by atoms with Crippen LogP contribution in [0.5, 0.6) is 0 Å². The molecule has 0 unspecified atom stereocenters. The highest BCUT2D eigenvalue weighted by Gasteiger charge is 2.10. The number of nitrogens with zero attached hydrogens (tertiary/aromatic N) is 1. The highest BCUT2D eigenvalue weighted by atomic mass is 127. The largest absolute Gasteiger partial charge is 0.308 e. The van der Waals surface area contributed by atoms with Gasteiger partial charge in [0.1, 0.15) is 5.82 Å². The first kappa shape index (κ1) is 13.3. The minimum Gasteiger partial charge on any atom is -0.308 e. The van der Waals surface area contributed by atoms with E-state index < -0.39 is 0 Å². The monoisotopic (exact) mass is 357 g/mol. The summed E-state index contributed by atoms with van der Waals surface area (Å²) in [5.74, 6) is -0.257. The molecule has 0 saturated heterocycles. The summed E-state index contributed by atoms with van der Waals surface area (Å²) in [6.07, 6.45) is 0. The van der Waals surface area contributed by atoms with Crippen molar-refractivity contribution in [1.29, 1.82) is 0 Å². The standard InChI is InChI=1S/C14H13FINO/c1-3-17-13(7-6-12(16)14(17)18)11-5-4-10(15)8-9(11)2/h4-8H,3H2,1-2H3. The Hall–Kier alpha value is -1.17. The van der Waals surface area contributed by atoms with Crippen LogP contribution in [0.25, 0.3) is 11.3 Å². The fourth-order valence-electron chi connectivity index (χ4n) is 2.02. The third-order valence-corrected chi connectivity index (χ3v) is 3.73. The SMILES string of the molecule is CCn1c(-c2ccc(F)cc2C)ccc(I)c1=O. The summed E-state index contributed by atoms with van der Waals surface area (Å²) in [4.78, 5) is 12.1. The van der Waals surface area contributed by atoms with Crippen molar-refractivity contribution in [1.82, 2.24) is 4.57 Å². The highest BCUT2D eigenvalue weighted by Crippen LogP contribution is 2.23. The van der Waals surface area contributed by atoms with Crippen molar-refractivity contribution in [3.05, 3.63) is 55.6 Å². The molecule has 0 spiro atoms. The number of pyridine rings is 1. The van der Waals surface area contributed by atoms with Gasteiger partial charge in [0.25, 0.3) is 5.56 Å². The maximum atomic E-state index is 13.1. The zero-order valence-electron chi connectivity index (χ0n) is 10.2. The average molecular weight is 357 g/mol. The van der Waals surface area contributed by atoms with E-state index in [9.17, 15) is 9.18 Å². The predicted molar refractivity (Wildman–Crippen MR) is 79.2 cm³/mol. The second kappa shape index (κ2) is 5.22. The second-order valence-corrected chi connectivity index (χ2v) is 5.24. The maximum absolute atomic E-state index is 13.1. The van der Waals surface area contributed by atoms with Crippen molar-refractivity contribution in [2.24, 2.45) is 0 Å². The van der Waals surface area contributed by atoms with E-state index in [0.717, 1.165) is 16.8 Å². The zero-order valence-corrected chi connectivity index (χ0v) is 12.4. The summed E-state index contributed by atoms with van der Waals surface area (Å²) in [6, 6.07) is 8.33. The summed E-state index contributed by atoms with van der Waals surface area (Å²) in [6.45, 7) is 4.38. The van der Waals surface area contributed by atoms with Gasteiger partial charge in [-0.15, -0.1) is 0 Å². The van der Waals surface area contributed by atoms with Crippen LogP contribution in [0.2, 0.25) is 0 Å². The van der Waals surface area contributed by atoms with E-state index in [-0.39, 0.29) is 11.4 Å².